The lowest BCUT2D eigenvalue weighted by molar-refractivity contribution is 0.299. The van der Waals surface area contributed by atoms with Gasteiger partial charge < -0.3 is 4.74 Å². The van der Waals surface area contributed by atoms with Gasteiger partial charge in [-0.2, -0.15) is 0 Å². The van der Waals surface area contributed by atoms with Crippen molar-refractivity contribution in [1.29, 1.82) is 0 Å². The second-order valence-electron chi connectivity index (χ2n) is 5.02. The SMILES string of the molecule is CCCCOc1cc(=O)n(-c2ccc(C)cc2)n(C)c1=O. The number of hydrogen-bond acceptors (Lipinski definition) is 3. The van der Waals surface area contributed by atoms with Crippen LogP contribution in [0.5, 0.6) is 5.75 Å². The molecule has 1 aromatic carbocycles. The van der Waals surface area contributed by atoms with Crippen molar-refractivity contribution in [2.45, 2.75) is 26.7 Å². The van der Waals surface area contributed by atoms with Crippen molar-refractivity contribution in [1.82, 2.24) is 9.36 Å². The Hall–Kier alpha value is -2.30. The molecule has 0 unspecified atom stereocenters. The van der Waals surface area contributed by atoms with Gasteiger partial charge in [0.25, 0.3) is 5.56 Å². The molecule has 0 aliphatic heterocycles. The van der Waals surface area contributed by atoms with E-state index in [0.29, 0.717) is 12.3 Å². The molecule has 0 N–H and O–H groups in total. The summed E-state index contributed by atoms with van der Waals surface area (Å²) in [6, 6.07) is 8.69. The zero-order valence-electron chi connectivity index (χ0n) is 12.6. The van der Waals surface area contributed by atoms with Crippen LogP contribution in [0.4, 0.5) is 0 Å². The van der Waals surface area contributed by atoms with Gasteiger partial charge in [-0.3, -0.25) is 9.59 Å². The summed E-state index contributed by atoms with van der Waals surface area (Å²) in [6.07, 6.45) is 1.82. The van der Waals surface area contributed by atoms with Crippen LogP contribution < -0.4 is 15.9 Å². The Kier molecular flexibility index (Phi) is 4.62. The summed E-state index contributed by atoms with van der Waals surface area (Å²) in [4.78, 5) is 24.5. The zero-order valence-corrected chi connectivity index (χ0v) is 12.6. The smallest absolute Gasteiger partial charge is 0.307 e. The van der Waals surface area contributed by atoms with Gasteiger partial charge in [0.15, 0.2) is 5.75 Å². The first-order valence-electron chi connectivity index (χ1n) is 7.07. The van der Waals surface area contributed by atoms with Crippen molar-refractivity contribution in [3.8, 4) is 11.4 Å². The van der Waals surface area contributed by atoms with E-state index in [1.807, 2.05) is 38.1 Å². The van der Waals surface area contributed by atoms with Crippen molar-refractivity contribution in [3.63, 3.8) is 0 Å². The molecule has 0 radical (unpaired) electrons. The summed E-state index contributed by atoms with van der Waals surface area (Å²) in [6.45, 7) is 4.45. The molecule has 5 heteroatoms. The summed E-state index contributed by atoms with van der Waals surface area (Å²) >= 11 is 0. The molecule has 2 aromatic rings. The van der Waals surface area contributed by atoms with E-state index in [4.69, 9.17) is 4.74 Å². The minimum atomic E-state index is -0.314. The average Bonchev–Trinajstić information content (AvgIpc) is 2.46. The molecule has 5 nitrogen and oxygen atoms in total. The first-order chi connectivity index (χ1) is 10.0. The molecule has 2 rings (SSSR count). The Morgan fingerprint density at radius 2 is 1.81 bits per heavy atom. The molecule has 0 atom stereocenters. The maximum atomic E-state index is 12.3. The van der Waals surface area contributed by atoms with Crippen LogP contribution in [0.1, 0.15) is 25.3 Å². The van der Waals surface area contributed by atoms with Crippen LogP contribution in [0.15, 0.2) is 39.9 Å². The van der Waals surface area contributed by atoms with Crippen molar-refractivity contribution in [2.75, 3.05) is 6.61 Å². The number of aryl methyl sites for hydroxylation is 1. The molecule has 0 saturated heterocycles. The molecule has 0 spiro atoms. The van der Waals surface area contributed by atoms with E-state index in [1.54, 1.807) is 7.05 Å². The molecular formula is C16H20N2O3. The number of ether oxygens (including phenoxy) is 1. The summed E-state index contributed by atoms with van der Waals surface area (Å²) < 4.78 is 8.03. The van der Waals surface area contributed by atoms with E-state index in [1.165, 1.54) is 15.4 Å². The molecule has 1 heterocycles. The zero-order chi connectivity index (χ0) is 15.4. The maximum absolute atomic E-state index is 12.3. The van der Waals surface area contributed by atoms with Crippen molar-refractivity contribution in [3.05, 3.63) is 56.6 Å². The minimum Gasteiger partial charge on any atom is -0.488 e. The van der Waals surface area contributed by atoms with Gasteiger partial charge in [-0.1, -0.05) is 31.0 Å². The van der Waals surface area contributed by atoms with E-state index >= 15 is 0 Å². The number of rotatable bonds is 5. The lowest BCUT2D eigenvalue weighted by Crippen LogP contribution is -2.36. The highest BCUT2D eigenvalue weighted by molar-refractivity contribution is 5.34. The molecule has 21 heavy (non-hydrogen) atoms. The van der Waals surface area contributed by atoms with Gasteiger partial charge in [-0.15, -0.1) is 0 Å². The van der Waals surface area contributed by atoms with Gasteiger partial charge >= 0.3 is 5.56 Å². The Morgan fingerprint density at radius 3 is 2.43 bits per heavy atom. The van der Waals surface area contributed by atoms with Crippen LogP contribution in [0.3, 0.4) is 0 Å². The van der Waals surface area contributed by atoms with Gasteiger partial charge in [-0.05, 0) is 25.5 Å². The van der Waals surface area contributed by atoms with Crippen LogP contribution in [0.2, 0.25) is 0 Å². The molecule has 112 valence electrons. The van der Waals surface area contributed by atoms with Crippen molar-refractivity contribution >= 4 is 0 Å². The highest BCUT2D eigenvalue weighted by atomic mass is 16.5. The summed E-state index contributed by atoms with van der Waals surface area (Å²) in [5, 5.41) is 0. The van der Waals surface area contributed by atoms with E-state index in [-0.39, 0.29) is 16.9 Å². The van der Waals surface area contributed by atoms with Crippen molar-refractivity contribution in [2.24, 2.45) is 7.05 Å². The lowest BCUT2D eigenvalue weighted by atomic mass is 10.2. The number of benzene rings is 1. The van der Waals surface area contributed by atoms with Crippen LogP contribution >= 0.6 is 0 Å². The predicted molar refractivity (Wildman–Crippen MR) is 82.4 cm³/mol. The average molecular weight is 288 g/mol. The van der Waals surface area contributed by atoms with Crippen molar-refractivity contribution < 1.29 is 4.74 Å². The van der Waals surface area contributed by atoms with Crippen LogP contribution in [-0.2, 0) is 7.05 Å². The second kappa shape index (κ2) is 6.43. The molecule has 0 fully saturated rings. The van der Waals surface area contributed by atoms with E-state index in [9.17, 15) is 9.59 Å². The fourth-order valence-electron chi connectivity index (χ4n) is 2.05. The standard InChI is InChI=1S/C16H20N2O3/c1-4-5-10-21-14-11-15(19)18(17(3)16(14)20)13-8-6-12(2)7-9-13/h6-9,11H,4-5,10H2,1-3H3. The van der Waals surface area contributed by atoms with Crippen LogP contribution in [0.25, 0.3) is 5.69 Å². The van der Waals surface area contributed by atoms with E-state index < -0.39 is 0 Å². The fourth-order valence-corrected chi connectivity index (χ4v) is 2.05. The molecule has 0 aliphatic carbocycles. The number of unbranched alkanes of at least 4 members (excludes halogenated alkanes) is 1. The van der Waals surface area contributed by atoms with Gasteiger partial charge in [0.1, 0.15) is 0 Å². The van der Waals surface area contributed by atoms with E-state index in [0.717, 1.165) is 18.4 Å². The first kappa shape index (κ1) is 15.1. The third-order valence-electron chi connectivity index (χ3n) is 3.30. The highest BCUT2D eigenvalue weighted by Gasteiger charge is 2.11. The minimum absolute atomic E-state index is 0.110. The maximum Gasteiger partial charge on any atom is 0.307 e. The molecule has 0 aliphatic rings. The van der Waals surface area contributed by atoms with Crippen LogP contribution in [-0.4, -0.2) is 16.0 Å². The Morgan fingerprint density at radius 1 is 1.14 bits per heavy atom. The summed E-state index contributed by atoms with van der Waals surface area (Å²) in [7, 11) is 1.57. The number of nitrogens with zero attached hydrogens (tertiary/aromatic N) is 2. The quantitative estimate of drug-likeness (QED) is 0.791. The number of aromatic nitrogens is 2. The third kappa shape index (κ3) is 3.24. The normalized spacial score (nSPS) is 10.6. The summed E-state index contributed by atoms with van der Waals surface area (Å²) in [5.41, 5.74) is 1.15. The molecule has 0 bridgehead atoms. The van der Waals surface area contributed by atoms with Gasteiger partial charge in [-0.25, -0.2) is 9.36 Å². The molecular weight excluding hydrogens is 268 g/mol. The molecule has 1 aromatic heterocycles. The van der Waals surface area contributed by atoms with E-state index in [2.05, 4.69) is 0 Å². The first-order valence-corrected chi connectivity index (χ1v) is 7.07. The Labute approximate surface area is 123 Å². The Balaban J connectivity index is 2.45. The predicted octanol–water partition coefficient (Wildman–Crippen LogP) is 2.02. The lowest BCUT2D eigenvalue weighted by Gasteiger charge is -2.13. The molecule has 0 saturated carbocycles. The highest BCUT2D eigenvalue weighted by Crippen LogP contribution is 2.07. The van der Waals surface area contributed by atoms with Gasteiger partial charge in [0, 0.05) is 7.05 Å². The Bertz CT molecular complexity index is 727. The molecule has 0 amide bonds. The summed E-state index contributed by atoms with van der Waals surface area (Å²) in [5.74, 6) is 0.110. The second-order valence-corrected chi connectivity index (χ2v) is 5.02. The fraction of sp³-hybridized carbons (Fsp3) is 0.375. The van der Waals surface area contributed by atoms with Gasteiger partial charge in [0.05, 0.1) is 18.4 Å². The number of hydrogen-bond donors (Lipinski definition) is 0. The topological polar surface area (TPSA) is 53.2 Å². The van der Waals surface area contributed by atoms with Crippen LogP contribution in [0, 0.1) is 6.92 Å². The monoisotopic (exact) mass is 288 g/mol. The third-order valence-corrected chi connectivity index (χ3v) is 3.30. The largest absolute Gasteiger partial charge is 0.488 e. The van der Waals surface area contributed by atoms with Gasteiger partial charge in [0.2, 0.25) is 0 Å².